The molecule has 0 amide bonds. The molecule has 0 aromatic heterocycles. The highest BCUT2D eigenvalue weighted by Crippen LogP contribution is 2.64. The standard InChI is InChI=1S/C10H7Cl2IO2/c11-10(12)7(8(10)9(14)15)5-1-3-6(13)4-2-5/h1-4,7-8H,(H,14,15). The van der Waals surface area contributed by atoms with Crippen LogP contribution in [-0.4, -0.2) is 15.4 Å². The molecule has 0 heterocycles. The van der Waals surface area contributed by atoms with Crippen LogP contribution in [0, 0.1) is 9.49 Å². The van der Waals surface area contributed by atoms with Crippen molar-refractivity contribution < 1.29 is 9.90 Å². The Labute approximate surface area is 111 Å². The summed E-state index contributed by atoms with van der Waals surface area (Å²) in [7, 11) is 0. The summed E-state index contributed by atoms with van der Waals surface area (Å²) in [5.41, 5.74) is 0.882. The molecule has 15 heavy (non-hydrogen) atoms. The molecular formula is C10H7Cl2IO2. The molecule has 1 fully saturated rings. The molecule has 1 aliphatic rings. The predicted molar refractivity (Wildman–Crippen MR) is 67.5 cm³/mol. The van der Waals surface area contributed by atoms with Crippen LogP contribution in [0.15, 0.2) is 24.3 Å². The monoisotopic (exact) mass is 356 g/mol. The average Bonchev–Trinajstić information content (AvgIpc) is 2.70. The van der Waals surface area contributed by atoms with Gasteiger partial charge < -0.3 is 5.11 Å². The first-order valence-corrected chi connectivity index (χ1v) is 6.14. The third kappa shape index (κ3) is 1.97. The van der Waals surface area contributed by atoms with E-state index in [0.717, 1.165) is 9.13 Å². The van der Waals surface area contributed by atoms with E-state index in [2.05, 4.69) is 22.6 Å². The van der Waals surface area contributed by atoms with Crippen LogP contribution in [0.3, 0.4) is 0 Å². The number of rotatable bonds is 2. The Morgan fingerprint density at radius 2 is 1.87 bits per heavy atom. The Morgan fingerprint density at radius 3 is 2.27 bits per heavy atom. The van der Waals surface area contributed by atoms with E-state index in [-0.39, 0.29) is 5.92 Å². The highest BCUT2D eigenvalue weighted by molar-refractivity contribution is 14.1. The van der Waals surface area contributed by atoms with Crippen LogP contribution in [0.2, 0.25) is 0 Å². The van der Waals surface area contributed by atoms with Crippen molar-refractivity contribution in [3.05, 3.63) is 33.4 Å². The fourth-order valence-electron chi connectivity index (χ4n) is 1.72. The van der Waals surface area contributed by atoms with Gasteiger partial charge in [0, 0.05) is 9.49 Å². The second-order valence-electron chi connectivity index (χ2n) is 3.52. The number of halogens is 3. The predicted octanol–water partition coefficient (Wildman–Crippen LogP) is 3.26. The van der Waals surface area contributed by atoms with Crippen molar-refractivity contribution >= 4 is 51.8 Å². The summed E-state index contributed by atoms with van der Waals surface area (Å²) in [6.07, 6.45) is 0. The molecule has 2 unspecified atom stereocenters. The minimum absolute atomic E-state index is 0.296. The van der Waals surface area contributed by atoms with Crippen LogP contribution in [0.25, 0.3) is 0 Å². The van der Waals surface area contributed by atoms with Gasteiger partial charge in [-0.2, -0.15) is 0 Å². The zero-order valence-corrected chi connectivity index (χ0v) is 11.1. The third-order valence-electron chi connectivity index (χ3n) is 2.55. The number of carboxylic acids is 1. The Bertz CT molecular complexity index is 402. The Morgan fingerprint density at radius 1 is 1.33 bits per heavy atom. The highest BCUT2D eigenvalue weighted by Gasteiger charge is 2.68. The molecule has 1 saturated carbocycles. The molecule has 2 atom stereocenters. The first-order valence-electron chi connectivity index (χ1n) is 4.30. The summed E-state index contributed by atoms with van der Waals surface area (Å²) in [6.45, 7) is 0. The van der Waals surface area contributed by atoms with Gasteiger partial charge in [0.05, 0.1) is 5.92 Å². The molecule has 0 spiro atoms. The summed E-state index contributed by atoms with van der Waals surface area (Å²) in [5, 5.41) is 8.90. The van der Waals surface area contributed by atoms with Gasteiger partial charge in [0.15, 0.2) is 0 Å². The van der Waals surface area contributed by atoms with Crippen LogP contribution in [0.1, 0.15) is 11.5 Å². The van der Waals surface area contributed by atoms with E-state index in [1.54, 1.807) is 0 Å². The van der Waals surface area contributed by atoms with Crippen LogP contribution >= 0.6 is 45.8 Å². The maximum Gasteiger partial charge on any atom is 0.310 e. The molecule has 2 rings (SSSR count). The van der Waals surface area contributed by atoms with Crippen LogP contribution in [0.5, 0.6) is 0 Å². The van der Waals surface area contributed by atoms with Crippen LogP contribution in [-0.2, 0) is 4.79 Å². The number of hydrogen-bond donors (Lipinski definition) is 1. The van der Waals surface area contributed by atoms with Gasteiger partial charge in [0.2, 0.25) is 0 Å². The lowest BCUT2D eigenvalue weighted by Gasteiger charge is -1.99. The fourth-order valence-corrected chi connectivity index (χ4v) is 2.90. The van der Waals surface area contributed by atoms with Gasteiger partial charge in [-0.3, -0.25) is 4.79 Å². The van der Waals surface area contributed by atoms with Gasteiger partial charge in [0.1, 0.15) is 4.33 Å². The Kier molecular flexibility index (Phi) is 2.90. The minimum Gasteiger partial charge on any atom is -0.481 e. The molecule has 0 bridgehead atoms. The van der Waals surface area contributed by atoms with E-state index >= 15 is 0 Å². The quantitative estimate of drug-likeness (QED) is 0.652. The fraction of sp³-hybridized carbons (Fsp3) is 0.300. The molecule has 0 saturated heterocycles. The van der Waals surface area contributed by atoms with E-state index in [0.29, 0.717) is 0 Å². The van der Waals surface area contributed by atoms with E-state index in [4.69, 9.17) is 28.3 Å². The molecule has 1 aromatic carbocycles. The molecule has 1 aromatic rings. The summed E-state index contributed by atoms with van der Waals surface area (Å²) in [5.74, 6) is -1.93. The lowest BCUT2D eigenvalue weighted by Crippen LogP contribution is -2.03. The van der Waals surface area contributed by atoms with Gasteiger partial charge in [-0.25, -0.2) is 0 Å². The number of carboxylic acid groups (broad SMARTS) is 1. The van der Waals surface area contributed by atoms with Crippen molar-refractivity contribution in [1.82, 2.24) is 0 Å². The first kappa shape index (κ1) is 11.5. The summed E-state index contributed by atoms with van der Waals surface area (Å²) < 4.78 is -0.0582. The summed E-state index contributed by atoms with van der Waals surface area (Å²) in [4.78, 5) is 10.9. The molecular weight excluding hydrogens is 350 g/mol. The van der Waals surface area contributed by atoms with Crippen LogP contribution in [0.4, 0.5) is 0 Å². The van der Waals surface area contributed by atoms with Crippen LogP contribution < -0.4 is 0 Å². The summed E-state index contributed by atoms with van der Waals surface area (Å²) >= 11 is 14.0. The van der Waals surface area contributed by atoms with Crippen molar-refractivity contribution in [3.63, 3.8) is 0 Å². The lowest BCUT2D eigenvalue weighted by molar-refractivity contribution is -0.138. The second kappa shape index (κ2) is 3.79. The Balaban J connectivity index is 2.27. The van der Waals surface area contributed by atoms with Gasteiger partial charge in [-0.1, -0.05) is 35.3 Å². The zero-order valence-electron chi connectivity index (χ0n) is 7.45. The normalized spacial score (nSPS) is 27.4. The second-order valence-corrected chi connectivity index (χ2v) is 6.21. The van der Waals surface area contributed by atoms with Crippen molar-refractivity contribution in [3.8, 4) is 0 Å². The zero-order chi connectivity index (χ0) is 11.2. The van der Waals surface area contributed by atoms with Crippen molar-refractivity contribution in [1.29, 1.82) is 0 Å². The number of alkyl halides is 2. The Hall–Kier alpha value is -0.000000000000000111. The number of benzene rings is 1. The average molecular weight is 357 g/mol. The minimum atomic E-state index is -1.15. The summed E-state index contributed by atoms with van der Waals surface area (Å²) in [6, 6.07) is 7.57. The highest BCUT2D eigenvalue weighted by atomic mass is 127. The lowest BCUT2D eigenvalue weighted by atomic mass is 10.1. The smallest absolute Gasteiger partial charge is 0.310 e. The maximum absolute atomic E-state index is 10.9. The number of carbonyl (C=O) groups is 1. The SMILES string of the molecule is O=C(O)C1C(c2ccc(I)cc2)C1(Cl)Cl. The largest absolute Gasteiger partial charge is 0.481 e. The molecule has 1 N–H and O–H groups in total. The molecule has 0 radical (unpaired) electrons. The van der Waals surface area contributed by atoms with E-state index in [1.165, 1.54) is 0 Å². The van der Waals surface area contributed by atoms with Gasteiger partial charge in [-0.05, 0) is 40.3 Å². The first-order chi connectivity index (χ1) is 6.94. The maximum atomic E-state index is 10.9. The number of aliphatic carboxylic acids is 1. The van der Waals surface area contributed by atoms with E-state index in [9.17, 15) is 4.79 Å². The third-order valence-corrected chi connectivity index (χ3v) is 4.21. The molecule has 1 aliphatic carbocycles. The molecule has 5 heteroatoms. The van der Waals surface area contributed by atoms with Crippen molar-refractivity contribution in [2.45, 2.75) is 10.3 Å². The van der Waals surface area contributed by atoms with Crippen molar-refractivity contribution in [2.75, 3.05) is 0 Å². The topological polar surface area (TPSA) is 37.3 Å². The van der Waals surface area contributed by atoms with Gasteiger partial charge in [-0.15, -0.1) is 0 Å². The van der Waals surface area contributed by atoms with E-state index < -0.39 is 16.2 Å². The molecule has 80 valence electrons. The molecule has 2 nitrogen and oxygen atoms in total. The van der Waals surface area contributed by atoms with E-state index in [1.807, 2.05) is 24.3 Å². The van der Waals surface area contributed by atoms with Gasteiger partial charge >= 0.3 is 5.97 Å². The molecule has 0 aliphatic heterocycles. The van der Waals surface area contributed by atoms with Crippen molar-refractivity contribution in [2.24, 2.45) is 5.92 Å². The number of hydrogen-bond acceptors (Lipinski definition) is 1. The van der Waals surface area contributed by atoms with Gasteiger partial charge in [0.25, 0.3) is 0 Å².